The number of anilines is 2. The molecule has 1 aliphatic heterocycles. The molecule has 0 aromatic heterocycles. The predicted octanol–water partition coefficient (Wildman–Crippen LogP) is 7.63. The zero-order chi connectivity index (χ0) is 29.3. The lowest BCUT2D eigenvalue weighted by Gasteiger charge is -2.26. The van der Waals surface area contributed by atoms with E-state index in [-0.39, 0.29) is 16.1 Å². The molecule has 4 aromatic rings. The van der Waals surface area contributed by atoms with Gasteiger partial charge in [0.05, 0.1) is 11.3 Å². The second-order valence-corrected chi connectivity index (χ2v) is 11.0. The van der Waals surface area contributed by atoms with Gasteiger partial charge in [-0.2, -0.15) is 0 Å². The highest BCUT2D eigenvalue weighted by Crippen LogP contribution is 2.34. The maximum atomic E-state index is 13.1. The molecule has 41 heavy (non-hydrogen) atoms. The van der Waals surface area contributed by atoms with Gasteiger partial charge in [0.25, 0.3) is 11.8 Å². The molecular formula is C33H26Cl2N2O4. The van der Waals surface area contributed by atoms with E-state index in [0.717, 1.165) is 16.0 Å². The Morgan fingerprint density at radius 1 is 0.805 bits per heavy atom. The van der Waals surface area contributed by atoms with E-state index in [1.54, 1.807) is 48.5 Å². The summed E-state index contributed by atoms with van der Waals surface area (Å²) in [6.45, 7) is 6.11. The van der Waals surface area contributed by atoms with E-state index >= 15 is 0 Å². The van der Waals surface area contributed by atoms with Gasteiger partial charge in [0, 0.05) is 16.1 Å². The number of hydrogen-bond acceptors (Lipinski definition) is 5. The highest BCUT2D eigenvalue weighted by molar-refractivity contribution is 6.53. The van der Waals surface area contributed by atoms with Crippen molar-refractivity contribution in [3.8, 4) is 5.75 Å². The van der Waals surface area contributed by atoms with E-state index in [2.05, 4.69) is 31.3 Å². The first-order valence-electron chi connectivity index (χ1n) is 12.9. The third-order valence-electron chi connectivity index (χ3n) is 7.11. The number of ether oxygens (including phenoxy) is 1. The lowest BCUT2D eigenvalue weighted by molar-refractivity contribution is -0.120. The Kier molecular flexibility index (Phi) is 7.72. The van der Waals surface area contributed by atoms with Crippen LogP contribution in [0.25, 0.3) is 0 Å². The van der Waals surface area contributed by atoms with Crippen molar-refractivity contribution >= 4 is 52.4 Å². The molecular weight excluding hydrogens is 559 g/mol. The van der Waals surface area contributed by atoms with Crippen LogP contribution in [-0.4, -0.2) is 17.8 Å². The fourth-order valence-electron chi connectivity index (χ4n) is 4.53. The van der Waals surface area contributed by atoms with Gasteiger partial charge >= 0.3 is 5.97 Å². The van der Waals surface area contributed by atoms with Gasteiger partial charge < -0.3 is 10.1 Å². The van der Waals surface area contributed by atoms with Gasteiger partial charge in [-0.25, -0.2) is 9.69 Å². The third-order valence-corrected chi connectivity index (χ3v) is 7.87. The molecule has 4 aromatic carbocycles. The molecule has 0 atom stereocenters. The molecule has 1 aliphatic rings. The Morgan fingerprint density at radius 2 is 1.44 bits per heavy atom. The molecule has 5 rings (SSSR count). The number of benzene rings is 4. The van der Waals surface area contributed by atoms with E-state index in [0.29, 0.717) is 27.7 Å². The Morgan fingerprint density at radius 3 is 2.07 bits per heavy atom. The number of carbonyl (C=O) groups is 3. The molecule has 8 heteroatoms. The van der Waals surface area contributed by atoms with Crippen molar-refractivity contribution in [3.63, 3.8) is 0 Å². The van der Waals surface area contributed by atoms with E-state index in [9.17, 15) is 14.4 Å². The first-order valence-corrected chi connectivity index (χ1v) is 13.6. The molecule has 0 bridgehead atoms. The smallest absolute Gasteiger partial charge is 0.343 e. The molecule has 6 nitrogen and oxygen atoms in total. The molecule has 0 aliphatic carbocycles. The molecule has 206 valence electrons. The summed E-state index contributed by atoms with van der Waals surface area (Å²) in [4.78, 5) is 39.6. The van der Waals surface area contributed by atoms with Crippen LogP contribution in [0.1, 0.15) is 40.9 Å². The molecule has 0 saturated heterocycles. The maximum absolute atomic E-state index is 13.1. The summed E-state index contributed by atoms with van der Waals surface area (Å²) in [7, 11) is 0. The first-order chi connectivity index (χ1) is 19.6. The molecule has 0 unspecified atom stereocenters. The van der Waals surface area contributed by atoms with Crippen molar-refractivity contribution in [1.82, 2.24) is 0 Å². The van der Waals surface area contributed by atoms with E-state index < -0.39 is 17.8 Å². The number of amides is 2. The Bertz CT molecular complexity index is 1680. The number of hydrogen-bond donors (Lipinski definition) is 1. The zero-order valence-electron chi connectivity index (χ0n) is 22.6. The van der Waals surface area contributed by atoms with Crippen molar-refractivity contribution in [1.29, 1.82) is 0 Å². The number of nitrogens with one attached hydrogen (secondary N) is 1. The number of halogens is 2. The fourth-order valence-corrected chi connectivity index (χ4v) is 4.92. The summed E-state index contributed by atoms with van der Waals surface area (Å²) < 4.78 is 5.57. The number of rotatable bonds is 7. The summed E-state index contributed by atoms with van der Waals surface area (Å²) in [6.07, 6.45) is 0. The van der Waals surface area contributed by atoms with Gasteiger partial charge in [0.2, 0.25) is 0 Å². The minimum absolute atomic E-state index is 0.0674. The molecule has 1 N–H and O–H groups in total. The van der Waals surface area contributed by atoms with Crippen molar-refractivity contribution in [2.45, 2.75) is 26.2 Å². The monoisotopic (exact) mass is 584 g/mol. The van der Waals surface area contributed by atoms with Gasteiger partial charge in [-0.3, -0.25) is 9.59 Å². The number of imide groups is 1. The minimum Gasteiger partial charge on any atom is -0.423 e. The van der Waals surface area contributed by atoms with Gasteiger partial charge in [-0.15, -0.1) is 0 Å². The topological polar surface area (TPSA) is 75.7 Å². The highest BCUT2D eigenvalue weighted by atomic mass is 35.5. The first kappa shape index (κ1) is 28.1. The fraction of sp³-hybridized carbons (Fsp3) is 0.121. The lowest BCUT2D eigenvalue weighted by atomic mass is 9.78. The van der Waals surface area contributed by atoms with Crippen LogP contribution >= 0.6 is 23.2 Å². The second kappa shape index (κ2) is 11.2. The number of carbonyl (C=O) groups excluding carboxylic acids is 3. The summed E-state index contributed by atoms with van der Waals surface area (Å²) in [5.74, 6) is -1.37. The maximum Gasteiger partial charge on any atom is 0.343 e. The van der Waals surface area contributed by atoms with Crippen molar-refractivity contribution in [2.24, 2.45) is 0 Å². The Hall–Kier alpha value is -4.39. The van der Waals surface area contributed by atoms with Gasteiger partial charge in [-0.1, -0.05) is 85.6 Å². The average molecular weight is 585 g/mol. The summed E-state index contributed by atoms with van der Waals surface area (Å²) in [5, 5.41) is 3.08. The molecule has 0 fully saturated rings. The number of nitrogens with zero attached hydrogens (tertiary/aromatic N) is 1. The third kappa shape index (κ3) is 5.62. The highest BCUT2D eigenvalue weighted by Gasteiger charge is 2.39. The van der Waals surface area contributed by atoms with Gasteiger partial charge in [-0.05, 0) is 72.1 Å². The average Bonchev–Trinajstić information content (AvgIpc) is 3.18. The lowest BCUT2D eigenvalue weighted by Crippen LogP contribution is -2.32. The van der Waals surface area contributed by atoms with E-state index in [4.69, 9.17) is 27.9 Å². The van der Waals surface area contributed by atoms with Crippen LogP contribution in [-0.2, 0) is 15.0 Å². The van der Waals surface area contributed by atoms with E-state index in [1.165, 1.54) is 11.6 Å². The van der Waals surface area contributed by atoms with Crippen molar-refractivity contribution in [3.05, 3.63) is 135 Å². The van der Waals surface area contributed by atoms with Gasteiger partial charge in [0.15, 0.2) is 0 Å². The molecule has 2 amide bonds. The summed E-state index contributed by atoms with van der Waals surface area (Å²) in [5.41, 5.74) is 3.92. The standard InChI is InChI=1S/C33H26Cl2N2O4/c1-20-9-16-25(19-27(20)34)37-30(38)28(35)29(31(37)39)36-24-14-10-21(11-15-24)32(40)41-26-17-12-23(13-18-26)33(2,3)22-7-5-4-6-8-22/h4-19,36H,1-3H3. The number of aryl methyl sites for hydroxylation is 1. The second-order valence-electron chi connectivity index (χ2n) is 10.2. The van der Waals surface area contributed by atoms with Crippen molar-refractivity contribution < 1.29 is 19.1 Å². The molecule has 1 heterocycles. The van der Waals surface area contributed by atoms with Crippen molar-refractivity contribution in [2.75, 3.05) is 10.2 Å². The van der Waals surface area contributed by atoms with E-state index in [1.807, 2.05) is 37.3 Å². The van der Waals surface area contributed by atoms with Crippen LogP contribution in [0.5, 0.6) is 5.75 Å². The Labute approximate surface area is 248 Å². The van der Waals surface area contributed by atoms with Crippen LogP contribution in [0.3, 0.4) is 0 Å². The summed E-state index contributed by atoms with van der Waals surface area (Å²) in [6, 6.07) is 28.9. The SMILES string of the molecule is Cc1ccc(N2C(=O)C(Cl)=C(Nc3ccc(C(=O)Oc4ccc(C(C)(C)c5ccccc5)cc4)cc3)C2=O)cc1Cl. The predicted molar refractivity (Wildman–Crippen MR) is 162 cm³/mol. The minimum atomic E-state index is -0.655. The summed E-state index contributed by atoms with van der Waals surface area (Å²) >= 11 is 12.4. The number of esters is 1. The zero-order valence-corrected chi connectivity index (χ0v) is 24.1. The van der Waals surface area contributed by atoms with Crippen LogP contribution in [0.2, 0.25) is 5.02 Å². The van der Waals surface area contributed by atoms with Crippen LogP contribution in [0, 0.1) is 6.92 Å². The normalized spacial score (nSPS) is 13.5. The Balaban J connectivity index is 1.25. The van der Waals surface area contributed by atoms with Crippen LogP contribution < -0.4 is 15.0 Å². The van der Waals surface area contributed by atoms with Crippen LogP contribution in [0.15, 0.2) is 108 Å². The van der Waals surface area contributed by atoms with Gasteiger partial charge in [0.1, 0.15) is 16.5 Å². The van der Waals surface area contributed by atoms with Crippen LogP contribution in [0.4, 0.5) is 11.4 Å². The largest absolute Gasteiger partial charge is 0.423 e. The quantitative estimate of drug-likeness (QED) is 0.137. The molecule has 0 saturated carbocycles. The molecule has 0 radical (unpaired) electrons. The molecule has 0 spiro atoms.